The molecule has 0 fully saturated rings. The van der Waals surface area contributed by atoms with Crippen LogP contribution in [0.5, 0.6) is 0 Å². The molecule has 0 spiro atoms. The number of carbonyl (C=O) groups excluding carboxylic acids is 1. The fourth-order valence-electron chi connectivity index (χ4n) is 1.34. The Labute approximate surface area is 95.1 Å². The van der Waals surface area contributed by atoms with Crippen LogP contribution in [0.1, 0.15) is 19.8 Å². The lowest BCUT2D eigenvalue weighted by molar-refractivity contribution is -0.123. The maximum Gasteiger partial charge on any atom is 0.237 e. The summed E-state index contributed by atoms with van der Waals surface area (Å²) < 4.78 is 1.81. The zero-order chi connectivity index (χ0) is 11.8. The number of nitrogens with zero attached hydrogens (tertiary/aromatic N) is 3. The highest BCUT2D eigenvalue weighted by atomic mass is 16.1. The van der Waals surface area contributed by atoms with E-state index in [9.17, 15) is 4.79 Å². The maximum absolute atomic E-state index is 11.4. The molecule has 1 rings (SSSR count). The Morgan fingerprint density at radius 3 is 3.06 bits per heavy atom. The van der Waals surface area contributed by atoms with Gasteiger partial charge in [-0.25, -0.2) is 0 Å². The number of nitriles is 1. The lowest BCUT2D eigenvalue weighted by atomic mass is 10.1. The van der Waals surface area contributed by atoms with Crippen LogP contribution >= 0.6 is 0 Å². The van der Waals surface area contributed by atoms with Crippen molar-refractivity contribution >= 4 is 5.91 Å². The Morgan fingerprint density at radius 1 is 1.69 bits per heavy atom. The molecular formula is C11H16N4O. The van der Waals surface area contributed by atoms with Gasteiger partial charge in [0, 0.05) is 25.5 Å². The first-order chi connectivity index (χ1) is 7.77. The summed E-state index contributed by atoms with van der Waals surface area (Å²) in [7, 11) is 0. The first kappa shape index (κ1) is 12.2. The van der Waals surface area contributed by atoms with Gasteiger partial charge in [0.05, 0.1) is 6.07 Å². The molecule has 16 heavy (non-hydrogen) atoms. The predicted molar refractivity (Wildman–Crippen MR) is 59.2 cm³/mol. The fraction of sp³-hybridized carbons (Fsp3) is 0.545. The summed E-state index contributed by atoms with van der Waals surface area (Å²) in [6, 6.07) is 3.84. The summed E-state index contributed by atoms with van der Waals surface area (Å²) in [5.74, 6) is -0.699. The molecule has 5 heteroatoms. The van der Waals surface area contributed by atoms with E-state index in [-0.39, 0.29) is 5.91 Å². The standard InChI is InChI=1S/C11H16N4O/c1-2-10(9-12)11(16)13-5-3-7-15-8-4-6-14-15/h4,6,8,10H,2-3,5,7H2,1H3,(H,13,16). The van der Waals surface area contributed by atoms with Crippen LogP contribution in [0.2, 0.25) is 0 Å². The number of nitrogens with one attached hydrogen (secondary N) is 1. The first-order valence-corrected chi connectivity index (χ1v) is 5.42. The normalized spacial score (nSPS) is 11.8. The zero-order valence-corrected chi connectivity index (χ0v) is 9.39. The molecule has 5 nitrogen and oxygen atoms in total. The lowest BCUT2D eigenvalue weighted by Gasteiger charge is -2.07. The van der Waals surface area contributed by atoms with Crippen LogP contribution in [0, 0.1) is 17.2 Å². The van der Waals surface area contributed by atoms with E-state index in [0.29, 0.717) is 13.0 Å². The fourth-order valence-corrected chi connectivity index (χ4v) is 1.34. The van der Waals surface area contributed by atoms with Crippen molar-refractivity contribution in [1.82, 2.24) is 15.1 Å². The van der Waals surface area contributed by atoms with Gasteiger partial charge in [0.25, 0.3) is 0 Å². The van der Waals surface area contributed by atoms with Gasteiger partial charge in [-0.3, -0.25) is 9.48 Å². The van der Waals surface area contributed by atoms with E-state index in [4.69, 9.17) is 5.26 Å². The zero-order valence-electron chi connectivity index (χ0n) is 9.39. The molecule has 1 aromatic heterocycles. The number of aromatic nitrogens is 2. The van der Waals surface area contributed by atoms with Crippen molar-refractivity contribution in [2.45, 2.75) is 26.3 Å². The predicted octanol–water partition coefficient (Wildman–Crippen LogP) is 0.939. The molecule has 0 aromatic carbocycles. The van der Waals surface area contributed by atoms with Crippen molar-refractivity contribution in [3.63, 3.8) is 0 Å². The highest BCUT2D eigenvalue weighted by Gasteiger charge is 2.13. The van der Waals surface area contributed by atoms with E-state index in [0.717, 1.165) is 13.0 Å². The highest BCUT2D eigenvalue weighted by molar-refractivity contribution is 5.80. The maximum atomic E-state index is 11.4. The Kier molecular flexibility index (Phi) is 5.06. The van der Waals surface area contributed by atoms with Crippen LogP contribution in [-0.2, 0) is 11.3 Å². The molecule has 1 aromatic rings. The molecule has 1 amide bonds. The van der Waals surface area contributed by atoms with Gasteiger partial charge in [-0.1, -0.05) is 6.92 Å². The van der Waals surface area contributed by atoms with E-state index in [1.165, 1.54) is 0 Å². The van der Waals surface area contributed by atoms with Crippen molar-refractivity contribution in [3.8, 4) is 6.07 Å². The molecule has 0 bridgehead atoms. The minimum atomic E-state index is -0.523. The van der Waals surface area contributed by atoms with Crippen molar-refractivity contribution in [3.05, 3.63) is 18.5 Å². The highest BCUT2D eigenvalue weighted by Crippen LogP contribution is 1.99. The average molecular weight is 220 g/mol. The molecule has 0 saturated heterocycles. The van der Waals surface area contributed by atoms with Crippen molar-refractivity contribution < 1.29 is 4.79 Å². The summed E-state index contributed by atoms with van der Waals surface area (Å²) >= 11 is 0. The van der Waals surface area contributed by atoms with E-state index >= 15 is 0 Å². The number of amides is 1. The van der Waals surface area contributed by atoms with Gasteiger partial charge < -0.3 is 5.32 Å². The number of hydrogen-bond donors (Lipinski definition) is 1. The van der Waals surface area contributed by atoms with Gasteiger partial charge in [-0.2, -0.15) is 10.4 Å². The molecule has 0 aliphatic rings. The molecule has 0 saturated carbocycles. The van der Waals surface area contributed by atoms with Gasteiger partial charge in [-0.05, 0) is 18.9 Å². The van der Waals surface area contributed by atoms with Crippen LogP contribution in [0.4, 0.5) is 0 Å². The lowest BCUT2D eigenvalue weighted by Crippen LogP contribution is -2.30. The topological polar surface area (TPSA) is 70.7 Å². The van der Waals surface area contributed by atoms with Crippen LogP contribution in [0.3, 0.4) is 0 Å². The molecule has 1 unspecified atom stereocenters. The summed E-state index contributed by atoms with van der Waals surface area (Å²) in [4.78, 5) is 11.4. The van der Waals surface area contributed by atoms with E-state index in [1.807, 2.05) is 29.9 Å². The Bertz CT molecular complexity index is 353. The van der Waals surface area contributed by atoms with Gasteiger partial charge >= 0.3 is 0 Å². The summed E-state index contributed by atoms with van der Waals surface area (Å²) in [5.41, 5.74) is 0. The summed E-state index contributed by atoms with van der Waals surface area (Å²) in [6.07, 6.45) is 4.98. The molecule has 0 aliphatic heterocycles. The van der Waals surface area contributed by atoms with Crippen molar-refractivity contribution in [2.75, 3.05) is 6.54 Å². The number of hydrogen-bond acceptors (Lipinski definition) is 3. The van der Waals surface area contributed by atoms with Gasteiger partial charge in [0.15, 0.2) is 0 Å². The Morgan fingerprint density at radius 2 is 2.50 bits per heavy atom. The van der Waals surface area contributed by atoms with Crippen LogP contribution in [0.25, 0.3) is 0 Å². The number of aryl methyl sites for hydroxylation is 1. The third kappa shape index (κ3) is 3.73. The Hall–Kier alpha value is -1.83. The van der Waals surface area contributed by atoms with Gasteiger partial charge in [-0.15, -0.1) is 0 Å². The van der Waals surface area contributed by atoms with Crippen LogP contribution in [0.15, 0.2) is 18.5 Å². The first-order valence-electron chi connectivity index (χ1n) is 5.42. The smallest absolute Gasteiger partial charge is 0.237 e. The second kappa shape index (κ2) is 6.62. The molecule has 0 radical (unpaired) electrons. The minimum Gasteiger partial charge on any atom is -0.355 e. The molecule has 1 heterocycles. The largest absolute Gasteiger partial charge is 0.355 e. The average Bonchev–Trinajstić information content (AvgIpc) is 2.79. The number of carbonyl (C=O) groups is 1. The van der Waals surface area contributed by atoms with Crippen LogP contribution in [-0.4, -0.2) is 22.2 Å². The van der Waals surface area contributed by atoms with Crippen LogP contribution < -0.4 is 5.32 Å². The van der Waals surface area contributed by atoms with E-state index in [1.54, 1.807) is 6.20 Å². The summed E-state index contributed by atoms with van der Waals surface area (Å²) in [5, 5.41) is 15.5. The van der Waals surface area contributed by atoms with E-state index < -0.39 is 5.92 Å². The monoisotopic (exact) mass is 220 g/mol. The Balaban J connectivity index is 2.16. The minimum absolute atomic E-state index is 0.175. The van der Waals surface area contributed by atoms with Crippen molar-refractivity contribution in [1.29, 1.82) is 5.26 Å². The second-order valence-corrected chi connectivity index (χ2v) is 3.50. The number of rotatable bonds is 6. The summed E-state index contributed by atoms with van der Waals surface area (Å²) in [6.45, 7) is 3.19. The third-order valence-electron chi connectivity index (χ3n) is 2.30. The van der Waals surface area contributed by atoms with E-state index in [2.05, 4.69) is 10.4 Å². The SMILES string of the molecule is CCC(C#N)C(=O)NCCCn1cccn1. The van der Waals surface area contributed by atoms with Crippen molar-refractivity contribution in [2.24, 2.45) is 5.92 Å². The van der Waals surface area contributed by atoms with Gasteiger partial charge in [0.1, 0.15) is 5.92 Å². The molecular weight excluding hydrogens is 204 g/mol. The molecule has 86 valence electrons. The molecule has 1 atom stereocenters. The third-order valence-corrected chi connectivity index (χ3v) is 2.30. The second-order valence-electron chi connectivity index (χ2n) is 3.50. The molecule has 0 aliphatic carbocycles. The molecule has 1 N–H and O–H groups in total. The van der Waals surface area contributed by atoms with Gasteiger partial charge in [0.2, 0.25) is 5.91 Å². The quantitative estimate of drug-likeness (QED) is 0.725.